The topological polar surface area (TPSA) is 53.1 Å². The molecule has 33 heavy (non-hydrogen) atoms. The van der Waals surface area contributed by atoms with Crippen LogP contribution >= 0.6 is 11.8 Å². The zero-order chi connectivity index (χ0) is 23.4. The molecule has 3 heterocycles. The van der Waals surface area contributed by atoms with Crippen molar-refractivity contribution in [3.8, 4) is 0 Å². The number of carbonyl (C=O) groups excluding carboxylic acids is 2. The van der Waals surface area contributed by atoms with Gasteiger partial charge in [0.1, 0.15) is 0 Å². The molecule has 6 nitrogen and oxygen atoms in total. The van der Waals surface area contributed by atoms with Crippen LogP contribution in [0.3, 0.4) is 0 Å². The summed E-state index contributed by atoms with van der Waals surface area (Å²) in [5, 5.41) is -0.597. The standard InChI is InChI=1S/C23H22F3N3O3S/c1-15-20(30)29(17-6-4-5-16(13-17)23(24,25)26)22(33-15)18-7-2-3-8-19(18)28(21(22)31)14-27-9-11-32-12-10-27/h2-8,13,15H,9-12,14H2,1H3. The van der Waals surface area contributed by atoms with Crippen molar-refractivity contribution in [2.24, 2.45) is 0 Å². The molecule has 0 radical (unpaired) electrons. The van der Waals surface area contributed by atoms with E-state index in [-0.39, 0.29) is 11.6 Å². The first-order valence-corrected chi connectivity index (χ1v) is 11.5. The van der Waals surface area contributed by atoms with Crippen LogP contribution < -0.4 is 9.80 Å². The highest BCUT2D eigenvalue weighted by atomic mass is 32.2. The minimum Gasteiger partial charge on any atom is -0.379 e. The normalized spacial score (nSPS) is 25.9. The Morgan fingerprint density at radius 1 is 1.09 bits per heavy atom. The molecule has 5 rings (SSSR count). The van der Waals surface area contributed by atoms with Gasteiger partial charge in [0.15, 0.2) is 0 Å². The lowest BCUT2D eigenvalue weighted by Gasteiger charge is -2.35. The van der Waals surface area contributed by atoms with Crippen LogP contribution in [-0.2, 0) is 25.4 Å². The molecule has 2 amide bonds. The van der Waals surface area contributed by atoms with Crippen molar-refractivity contribution in [3.05, 3.63) is 59.7 Å². The quantitative estimate of drug-likeness (QED) is 0.676. The zero-order valence-electron chi connectivity index (χ0n) is 17.8. The molecule has 3 aliphatic heterocycles. The van der Waals surface area contributed by atoms with Gasteiger partial charge >= 0.3 is 6.18 Å². The van der Waals surface area contributed by atoms with E-state index in [1.165, 1.54) is 28.8 Å². The van der Waals surface area contributed by atoms with Crippen LogP contribution in [-0.4, -0.2) is 54.9 Å². The van der Waals surface area contributed by atoms with Crippen LogP contribution in [0.2, 0.25) is 0 Å². The molecule has 2 fully saturated rings. The van der Waals surface area contributed by atoms with Gasteiger partial charge in [-0.25, -0.2) is 0 Å². The van der Waals surface area contributed by atoms with E-state index < -0.39 is 27.8 Å². The van der Waals surface area contributed by atoms with Crippen LogP contribution in [0.5, 0.6) is 0 Å². The van der Waals surface area contributed by atoms with Gasteiger partial charge in [0.25, 0.3) is 5.91 Å². The lowest BCUT2D eigenvalue weighted by molar-refractivity contribution is -0.137. The maximum Gasteiger partial charge on any atom is 0.416 e. The maximum atomic E-state index is 14.0. The number of fused-ring (bicyclic) bond motifs is 2. The van der Waals surface area contributed by atoms with Gasteiger partial charge in [0, 0.05) is 24.3 Å². The van der Waals surface area contributed by atoms with Crippen molar-refractivity contribution in [2.45, 2.75) is 23.2 Å². The Kier molecular flexibility index (Phi) is 5.42. The van der Waals surface area contributed by atoms with Crippen LogP contribution in [0.15, 0.2) is 48.5 Å². The summed E-state index contributed by atoms with van der Waals surface area (Å²) in [5.74, 6) is -0.717. The van der Waals surface area contributed by atoms with Gasteiger partial charge in [-0.2, -0.15) is 13.2 Å². The predicted octanol–water partition coefficient (Wildman–Crippen LogP) is 3.66. The van der Waals surface area contributed by atoms with E-state index in [1.54, 1.807) is 24.0 Å². The third-order valence-corrected chi connectivity index (χ3v) is 7.68. The molecule has 174 valence electrons. The summed E-state index contributed by atoms with van der Waals surface area (Å²) >= 11 is 1.18. The number of nitrogens with zero attached hydrogens (tertiary/aromatic N) is 3. The number of thioether (sulfide) groups is 1. The van der Waals surface area contributed by atoms with E-state index in [2.05, 4.69) is 4.90 Å². The Hall–Kier alpha value is -2.56. The number of carbonyl (C=O) groups is 2. The first kappa shape index (κ1) is 22.2. The molecular formula is C23H22F3N3O3S. The number of amides is 2. The number of benzene rings is 2. The second kappa shape index (κ2) is 8.03. The number of ether oxygens (including phenoxy) is 1. The van der Waals surface area contributed by atoms with Gasteiger partial charge in [-0.05, 0) is 31.2 Å². The Morgan fingerprint density at radius 3 is 2.55 bits per heavy atom. The van der Waals surface area contributed by atoms with Gasteiger partial charge in [-0.3, -0.25) is 24.3 Å². The van der Waals surface area contributed by atoms with E-state index in [0.717, 1.165) is 12.1 Å². The van der Waals surface area contributed by atoms with Gasteiger partial charge in [-0.15, -0.1) is 11.8 Å². The number of anilines is 2. The Labute approximate surface area is 193 Å². The number of rotatable bonds is 3. The fraction of sp³-hybridized carbons (Fsp3) is 0.391. The second-order valence-corrected chi connectivity index (χ2v) is 9.78. The number of alkyl halides is 3. The first-order chi connectivity index (χ1) is 15.7. The average molecular weight is 478 g/mol. The molecule has 1 spiro atoms. The van der Waals surface area contributed by atoms with E-state index in [0.29, 0.717) is 44.2 Å². The van der Waals surface area contributed by atoms with Crippen molar-refractivity contribution in [3.63, 3.8) is 0 Å². The molecule has 10 heteroatoms. The molecular weight excluding hydrogens is 455 g/mol. The number of halogens is 3. The smallest absolute Gasteiger partial charge is 0.379 e. The van der Waals surface area contributed by atoms with Crippen LogP contribution in [0, 0.1) is 0 Å². The minimum atomic E-state index is -4.56. The highest BCUT2D eigenvalue weighted by molar-refractivity contribution is 8.03. The SMILES string of the molecule is CC1SC2(C(=O)N(CN3CCOCC3)c3ccccc32)N(c2cccc(C(F)(F)F)c2)C1=O. The fourth-order valence-corrected chi connectivity index (χ4v) is 6.17. The molecule has 2 unspecified atom stereocenters. The monoisotopic (exact) mass is 477 g/mol. The molecule has 0 bridgehead atoms. The van der Waals surface area contributed by atoms with Crippen molar-refractivity contribution in [1.29, 1.82) is 0 Å². The summed E-state index contributed by atoms with van der Waals surface area (Å²) in [7, 11) is 0. The molecule has 3 aliphatic rings. The lowest BCUT2D eigenvalue weighted by Crippen LogP contribution is -2.52. The third kappa shape index (κ3) is 3.51. The van der Waals surface area contributed by atoms with Gasteiger partial charge in [-0.1, -0.05) is 24.3 Å². The molecule has 0 N–H and O–H groups in total. The number of hydrogen-bond donors (Lipinski definition) is 0. The molecule has 2 aromatic carbocycles. The third-order valence-electron chi connectivity index (χ3n) is 6.20. The van der Waals surface area contributed by atoms with Gasteiger partial charge < -0.3 is 4.74 Å². The molecule has 0 aromatic heterocycles. The van der Waals surface area contributed by atoms with E-state index in [4.69, 9.17) is 4.74 Å². The van der Waals surface area contributed by atoms with E-state index in [9.17, 15) is 22.8 Å². The first-order valence-electron chi connectivity index (χ1n) is 10.6. The molecule has 2 atom stereocenters. The Morgan fingerprint density at radius 2 is 1.82 bits per heavy atom. The summed E-state index contributed by atoms with van der Waals surface area (Å²) in [6.45, 7) is 4.46. The number of hydrogen-bond acceptors (Lipinski definition) is 5. The zero-order valence-corrected chi connectivity index (χ0v) is 18.7. The summed E-state index contributed by atoms with van der Waals surface area (Å²) in [6.07, 6.45) is -4.56. The summed E-state index contributed by atoms with van der Waals surface area (Å²) in [4.78, 5) is 30.9. The van der Waals surface area contributed by atoms with Crippen molar-refractivity contribution in [1.82, 2.24) is 4.90 Å². The summed E-state index contributed by atoms with van der Waals surface area (Å²) in [5.41, 5.74) is 0.475. The minimum absolute atomic E-state index is 0.0584. The van der Waals surface area contributed by atoms with Crippen molar-refractivity contribution >= 4 is 35.0 Å². The largest absolute Gasteiger partial charge is 0.416 e. The fourth-order valence-electron chi connectivity index (χ4n) is 4.64. The van der Waals surface area contributed by atoms with Crippen LogP contribution in [0.25, 0.3) is 0 Å². The van der Waals surface area contributed by atoms with E-state index >= 15 is 0 Å². The summed E-state index contributed by atoms with van der Waals surface area (Å²) < 4.78 is 45.7. The van der Waals surface area contributed by atoms with Gasteiger partial charge in [0.2, 0.25) is 10.8 Å². The van der Waals surface area contributed by atoms with Crippen LogP contribution in [0.4, 0.5) is 24.5 Å². The van der Waals surface area contributed by atoms with Crippen molar-refractivity contribution < 1.29 is 27.5 Å². The molecule has 0 aliphatic carbocycles. The molecule has 0 saturated carbocycles. The molecule has 2 saturated heterocycles. The lowest BCUT2D eigenvalue weighted by atomic mass is 10.0. The van der Waals surface area contributed by atoms with Crippen molar-refractivity contribution in [2.75, 3.05) is 42.8 Å². The van der Waals surface area contributed by atoms with E-state index in [1.807, 2.05) is 12.1 Å². The second-order valence-electron chi connectivity index (χ2n) is 8.25. The summed E-state index contributed by atoms with van der Waals surface area (Å²) in [6, 6.07) is 11.8. The van der Waals surface area contributed by atoms with Crippen LogP contribution in [0.1, 0.15) is 18.1 Å². The Balaban J connectivity index is 1.62. The maximum absolute atomic E-state index is 14.0. The predicted molar refractivity (Wildman–Crippen MR) is 119 cm³/mol. The van der Waals surface area contributed by atoms with Gasteiger partial charge in [0.05, 0.1) is 36.4 Å². The highest BCUT2D eigenvalue weighted by Crippen LogP contribution is 2.58. The number of para-hydroxylation sites is 1. The average Bonchev–Trinajstić information content (AvgIpc) is 3.20. The highest BCUT2D eigenvalue weighted by Gasteiger charge is 2.63. The molecule has 2 aromatic rings. The Bertz CT molecular complexity index is 1110. The number of morpholine rings is 1.